The molecule has 1 N–H and O–H groups in total. The summed E-state index contributed by atoms with van der Waals surface area (Å²) in [5, 5.41) is 0. The van der Waals surface area contributed by atoms with Crippen molar-refractivity contribution in [1.82, 2.24) is 9.88 Å². The van der Waals surface area contributed by atoms with Crippen LogP contribution in [0.5, 0.6) is 0 Å². The summed E-state index contributed by atoms with van der Waals surface area (Å²) in [5.41, 5.74) is 3.83. The van der Waals surface area contributed by atoms with Crippen molar-refractivity contribution in [2.24, 2.45) is 0 Å². The fourth-order valence-electron chi connectivity index (χ4n) is 3.91. The zero-order valence-corrected chi connectivity index (χ0v) is 19.4. The molecule has 1 aliphatic heterocycles. The summed E-state index contributed by atoms with van der Waals surface area (Å²) in [5.74, 6) is 0.355. The Labute approximate surface area is 191 Å². The lowest BCUT2D eigenvalue weighted by Crippen LogP contribution is -2.46. The van der Waals surface area contributed by atoms with E-state index in [1.54, 1.807) is 24.5 Å². The second-order valence-electron chi connectivity index (χ2n) is 8.51. The SMILES string of the molecule is CC(C)c1ccc(S(=O)(=O)Nc2cncc(N3CCN(Cc4ccccc4)CC3)c2)cc1. The van der Waals surface area contributed by atoms with E-state index in [0.717, 1.165) is 44.0 Å². The van der Waals surface area contributed by atoms with Crippen molar-refractivity contribution < 1.29 is 8.42 Å². The second kappa shape index (κ2) is 9.71. The van der Waals surface area contributed by atoms with Gasteiger partial charge in [0.1, 0.15) is 0 Å². The average Bonchev–Trinajstić information content (AvgIpc) is 2.80. The number of benzene rings is 2. The van der Waals surface area contributed by atoms with E-state index in [2.05, 4.69) is 57.6 Å². The normalized spacial score (nSPS) is 15.2. The molecule has 2 heterocycles. The van der Waals surface area contributed by atoms with Crippen LogP contribution in [-0.2, 0) is 16.6 Å². The molecule has 168 valence electrons. The van der Waals surface area contributed by atoms with Gasteiger partial charge in [0.2, 0.25) is 0 Å². The minimum absolute atomic E-state index is 0.252. The Morgan fingerprint density at radius 2 is 1.62 bits per heavy atom. The molecular weight excluding hydrogens is 420 g/mol. The molecule has 0 atom stereocenters. The van der Waals surface area contributed by atoms with E-state index in [1.807, 2.05) is 24.3 Å². The molecule has 0 aliphatic carbocycles. The standard InChI is InChI=1S/C25H30N4O2S/c1-20(2)22-8-10-25(11-9-22)32(30,31)27-23-16-24(18-26-17-23)29-14-12-28(13-15-29)19-21-6-4-3-5-7-21/h3-11,16-18,20,27H,12-15,19H2,1-2H3. The fourth-order valence-corrected chi connectivity index (χ4v) is 4.94. The summed E-state index contributed by atoms with van der Waals surface area (Å²) in [6, 6.07) is 19.4. The van der Waals surface area contributed by atoms with Crippen molar-refractivity contribution in [3.05, 3.63) is 84.2 Å². The van der Waals surface area contributed by atoms with Crippen LogP contribution in [0.1, 0.15) is 30.9 Å². The van der Waals surface area contributed by atoms with Crippen molar-refractivity contribution in [1.29, 1.82) is 0 Å². The van der Waals surface area contributed by atoms with Gasteiger partial charge in [-0.1, -0.05) is 56.3 Å². The van der Waals surface area contributed by atoms with Gasteiger partial charge < -0.3 is 4.90 Å². The van der Waals surface area contributed by atoms with Gasteiger partial charge in [0.25, 0.3) is 10.0 Å². The maximum atomic E-state index is 12.8. The van der Waals surface area contributed by atoms with E-state index in [4.69, 9.17) is 0 Å². The first-order valence-electron chi connectivity index (χ1n) is 11.0. The van der Waals surface area contributed by atoms with E-state index in [0.29, 0.717) is 11.6 Å². The summed E-state index contributed by atoms with van der Waals surface area (Å²) in [6.45, 7) is 8.77. The third kappa shape index (κ3) is 5.47. The van der Waals surface area contributed by atoms with E-state index < -0.39 is 10.0 Å². The molecule has 0 unspecified atom stereocenters. The maximum absolute atomic E-state index is 12.8. The first-order valence-corrected chi connectivity index (χ1v) is 12.5. The third-order valence-corrected chi connectivity index (χ3v) is 7.22. The highest BCUT2D eigenvalue weighted by molar-refractivity contribution is 7.92. The number of piperazine rings is 1. The Morgan fingerprint density at radius 3 is 2.28 bits per heavy atom. The van der Waals surface area contributed by atoms with Crippen LogP contribution in [0, 0.1) is 0 Å². The molecule has 1 fully saturated rings. The van der Waals surface area contributed by atoms with Gasteiger partial charge in [0.05, 0.1) is 28.7 Å². The molecule has 6 nitrogen and oxygen atoms in total. The lowest BCUT2D eigenvalue weighted by molar-refractivity contribution is 0.250. The van der Waals surface area contributed by atoms with Crippen LogP contribution in [0.4, 0.5) is 11.4 Å². The average molecular weight is 451 g/mol. The van der Waals surface area contributed by atoms with Gasteiger partial charge in [-0.25, -0.2) is 8.42 Å². The molecule has 0 radical (unpaired) electrons. The van der Waals surface area contributed by atoms with E-state index in [-0.39, 0.29) is 4.90 Å². The molecule has 7 heteroatoms. The van der Waals surface area contributed by atoms with Crippen LogP contribution in [0.3, 0.4) is 0 Å². The smallest absolute Gasteiger partial charge is 0.261 e. The lowest BCUT2D eigenvalue weighted by Gasteiger charge is -2.36. The van der Waals surface area contributed by atoms with Crippen LogP contribution in [-0.4, -0.2) is 44.5 Å². The molecule has 0 bridgehead atoms. The zero-order valence-electron chi connectivity index (χ0n) is 18.6. The minimum atomic E-state index is -3.66. The van der Waals surface area contributed by atoms with Gasteiger partial charge in [-0.3, -0.25) is 14.6 Å². The Morgan fingerprint density at radius 1 is 0.938 bits per heavy atom. The van der Waals surface area contributed by atoms with Crippen molar-refractivity contribution in [2.45, 2.75) is 31.2 Å². The van der Waals surface area contributed by atoms with E-state index in [1.165, 1.54) is 5.56 Å². The van der Waals surface area contributed by atoms with Gasteiger partial charge >= 0.3 is 0 Å². The third-order valence-electron chi connectivity index (χ3n) is 5.82. The number of rotatable bonds is 7. The Hall–Kier alpha value is -2.90. The molecule has 1 saturated heterocycles. The summed E-state index contributed by atoms with van der Waals surface area (Å²) in [7, 11) is -3.66. The maximum Gasteiger partial charge on any atom is 0.261 e. The molecule has 1 aliphatic rings. The van der Waals surface area contributed by atoms with Crippen LogP contribution in [0.2, 0.25) is 0 Å². The second-order valence-corrected chi connectivity index (χ2v) is 10.2. The van der Waals surface area contributed by atoms with Gasteiger partial charge in [-0.2, -0.15) is 0 Å². The largest absolute Gasteiger partial charge is 0.368 e. The van der Waals surface area contributed by atoms with Crippen molar-refractivity contribution in [3.63, 3.8) is 0 Å². The number of pyridine rings is 1. The number of aromatic nitrogens is 1. The van der Waals surface area contributed by atoms with Crippen molar-refractivity contribution in [2.75, 3.05) is 35.8 Å². The molecule has 3 aromatic rings. The molecule has 0 saturated carbocycles. The van der Waals surface area contributed by atoms with Crippen LogP contribution in [0.15, 0.2) is 78.0 Å². The zero-order chi connectivity index (χ0) is 22.6. The number of nitrogens with one attached hydrogen (secondary N) is 1. The van der Waals surface area contributed by atoms with Crippen LogP contribution in [0.25, 0.3) is 0 Å². The summed E-state index contributed by atoms with van der Waals surface area (Å²) >= 11 is 0. The first-order chi connectivity index (χ1) is 15.4. The lowest BCUT2D eigenvalue weighted by atomic mass is 10.0. The highest BCUT2D eigenvalue weighted by atomic mass is 32.2. The monoisotopic (exact) mass is 450 g/mol. The van der Waals surface area contributed by atoms with Crippen molar-refractivity contribution >= 4 is 21.4 Å². The topological polar surface area (TPSA) is 65.5 Å². The van der Waals surface area contributed by atoms with Gasteiger partial charge in [-0.15, -0.1) is 0 Å². The predicted molar refractivity (Wildman–Crippen MR) is 130 cm³/mol. The fraction of sp³-hybridized carbons (Fsp3) is 0.320. The number of hydrogen-bond donors (Lipinski definition) is 1. The Bertz CT molecular complexity index is 1120. The number of sulfonamides is 1. The predicted octanol–water partition coefficient (Wildman–Crippen LogP) is 4.33. The summed E-state index contributed by atoms with van der Waals surface area (Å²) in [6.07, 6.45) is 3.34. The van der Waals surface area contributed by atoms with Crippen LogP contribution < -0.4 is 9.62 Å². The Balaban J connectivity index is 1.39. The molecule has 0 spiro atoms. The van der Waals surface area contributed by atoms with Gasteiger partial charge in [0, 0.05) is 32.7 Å². The minimum Gasteiger partial charge on any atom is -0.368 e. The molecule has 32 heavy (non-hydrogen) atoms. The van der Waals surface area contributed by atoms with Gasteiger partial charge in [0.15, 0.2) is 0 Å². The first kappa shape index (κ1) is 22.3. The molecule has 0 amide bonds. The number of nitrogens with zero attached hydrogens (tertiary/aromatic N) is 3. The summed E-state index contributed by atoms with van der Waals surface area (Å²) in [4.78, 5) is 9.22. The highest BCUT2D eigenvalue weighted by Gasteiger charge is 2.19. The number of anilines is 2. The van der Waals surface area contributed by atoms with E-state index >= 15 is 0 Å². The van der Waals surface area contributed by atoms with Gasteiger partial charge in [-0.05, 0) is 35.2 Å². The quantitative estimate of drug-likeness (QED) is 0.580. The molecule has 2 aromatic carbocycles. The molecular formula is C25H30N4O2S. The number of hydrogen-bond acceptors (Lipinski definition) is 5. The van der Waals surface area contributed by atoms with Crippen molar-refractivity contribution in [3.8, 4) is 0 Å². The Kier molecular flexibility index (Phi) is 6.77. The molecule has 1 aromatic heterocycles. The van der Waals surface area contributed by atoms with Crippen LogP contribution >= 0.6 is 0 Å². The summed E-state index contributed by atoms with van der Waals surface area (Å²) < 4.78 is 28.3. The van der Waals surface area contributed by atoms with E-state index in [9.17, 15) is 8.42 Å². The highest BCUT2D eigenvalue weighted by Crippen LogP contribution is 2.23. The molecule has 4 rings (SSSR count).